The van der Waals surface area contributed by atoms with Gasteiger partial charge in [-0.25, -0.2) is 4.98 Å². The Kier molecular flexibility index (Phi) is 8.99. The lowest BCUT2D eigenvalue weighted by Gasteiger charge is -2.26. The van der Waals surface area contributed by atoms with Crippen LogP contribution in [0.3, 0.4) is 0 Å². The molecular weight excluding hydrogens is 442 g/mol. The predicted octanol–water partition coefficient (Wildman–Crippen LogP) is 4.64. The number of aryl methyl sites for hydroxylation is 3. The highest BCUT2D eigenvalue weighted by Crippen LogP contribution is 2.33. The maximum Gasteiger partial charge on any atom is 0.325 e. The first-order valence-corrected chi connectivity index (χ1v) is 13.1. The number of nitrogens with one attached hydrogen (secondary N) is 1. The van der Waals surface area contributed by atoms with Crippen molar-refractivity contribution in [3.8, 4) is 5.75 Å². The Balaban J connectivity index is 1.21. The van der Waals surface area contributed by atoms with Gasteiger partial charge in [-0.05, 0) is 74.3 Å². The van der Waals surface area contributed by atoms with Gasteiger partial charge in [0.1, 0.15) is 17.6 Å². The van der Waals surface area contributed by atoms with Crippen LogP contribution in [0.5, 0.6) is 5.75 Å². The van der Waals surface area contributed by atoms with Gasteiger partial charge < -0.3 is 19.9 Å². The minimum Gasteiger partial charge on any atom is -0.496 e. The lowest BCUT2D eigenvalue weighted by molar-refractivity contribution is -0.143. The normalized spacial score (nSPS) is 18.6. The second-order valence-corrected chi connectivity index (χ2v) is 9.60. The molecule has 0 amide bonds. The van der Waals surface area contributed by atoms with Crippen LogP contribution in [0.15, 0.2) is 30.3 Å². The van der Waals surface area contributed by atoms with Crippen LogP contribution in [-0.2, 0) is 28.8 Å². The number of fused-ring (bicyclic) bond motifs is 1. The number of benzene rings is 1. The van der Waals surface area contributed by atoms with E-state index in [0.29, 0.717) is 25.4 Å². The number of hydrogen-bond acceptors (Lipinski definition) is 6. The predicted molar refractivity (Wildman–Crippen MR) is 137 cm³/mol. The SMILES string of the molecule is CCc1ccc(OC)c([C@@H](C(=O)O)N2CC[C@@H](OCCCCCc3ccc4c(n3)NCCC4)C2)c1. The Labute approximate surface area is 208 Å². The summed E-state index contributed by atoms with van der Waals surface area (Å²) < 4.78 is 11.6. The van der Waals surface area contributed by atoms with Crippen molar-refractivity contribution in [1.29, 1.82) is 0 Å². The van der Waals surface area contributed by atoms with Gasteiger partial charge in [0.15, 0.2) is 0 Å². The molecule has 1 aromatic heterocycles. The number of nitrogens with zero attached hydrogens (tertiary/aromatic N) is 2. The molecule has 2 aromatic rings. The Hall–Kier alpha value is -2.64. The molecule has 2 aliphatic heterocycles. The monoisotopic (exact) mass is 481 g/mol. The highest BCUT2D eigenvalue weighted by molar-refractivity contribution is 5.77. The van der Waals surface area contributed by atoms with Crippen molar-refractivity contribution in [1.82, 2.24) is 9.88 Å². The molecule has 3 heterocycles. The maximum atomic E-state index is 12.2. The largest absolute Gasteiger partial charge is 0.496 e. The number of methoxy groups -OCH3 is 1. The number of anilines is 1. The third-order valence-electron chi connectivity index (χ3n) is 7.16. The number of aromatic nitrogens is 1. The number of hydrogen-bond donors (Lipinski definition) is 2. The van der Waals surface area contributed by atoms with Gasteiger partial charge in [0.05, 0.1) is 13.2 Å². The number of pyridine rings is 1. The average Bonchev–Trinajstić information content (AvgIpc) is 3.34. The van der Waals surface area contributed by atoms with E-state index < -0.39 is 12.0 Å². The van der Waals surface area contributed by atoms with E-state index in [2.05, 4.69) is 24.4 Å². The van der Waals surface area contributed by atoms with E-state index in [1.165, 1.54) is 12.0 Å². The lowest BCUT2D eigenvalue weighted by Crippen LogP contribution is -2.33. The van der Waals surface area contributed by atoms with E-state index >= 15 is 0 Å². The van der Waals surface area contributed by atoms with Gasteiger partial charge in [-0.2, -0.15) is 0 Å². The number of likely N-dealkylation sites (tertiary alicyclic amines) is 1. The summed E-state index contributed by atoms with van der Waals surface area (Å²) in [5.41, 5.74) is 4.33. The molecule has 0 aliphatic carbocycles. The van der Waals surface area contributed by atoms with Crippen LogP contribution in [0.1, 0.15) is 67.5 Å². The molecule has 4 rings (SSSR count). The Bertz CT molecular complexity index is 996. The van der Waals surface area contributed by atoms with Crippen LogP contribution < -0.4 is 10.1 Å². The molecule has 0 radical (unpaired) electrons. The zero-order valence-electron chi connectivity index (χ0n) is 21.1. The van der Waals surface area contributed by atoms with Crippen LogP contribution in [0, 0.1) is 0 Å². The van der Waals surface area contributed by atoms with Crippen molar-refractivity contribution >= 4 is 11.8 Å². The molecule has 2 aliphatic rings. The summed E-state index contributed by atoms with van der Waals surface area (Å²) in [5.74, 6) is 0.855. The van der Waals surface area contributed by atoms with Crippen molar-refractivity contribution in [2.24, 2.45) is 0 Å². The van der Waals surface area contributed by atoms with Crippen LogP contribution in [0.25, 0.3) is 0 Å². The standard InChI is InChI=1S/C28H39N3O4/c1-3-20-10-13-25(34-2)24(18-20)26(28(32)33)31-16-14-23(19-31)35-17-6-4-5-9-22-12-11-21-8-7-15-29-27(21)30-22/h10-13,18,23,26H,3-9,14-17,19H2,1-2H3,(H,29,30)(H,32,33)/t23-,26+/m1/s1. The molecule has 0 saturated carbocycles. The summed E-state index contributed by atoms with van der Waals surface area (Å²) >= 11 is 0. The average molecular weight is 482 g/mol. The first-order valence-electron chi connectivity index (χ1n) is 13.1. The number of ether oxygens (including phenoxy) is 2. The van der Waals surface area contributed by atoms with E-state index in [-0.39, 0.29) is 6.10 Å². The molecule has 1 aromatic carbocycles. The lowest BCUT2D eigenvalue weighted by atomic mass is 10.0. The van der Waals surface area contributed by atoms with E-state index in [1.54, 1.807) is 7.11 Å². The van der Waals surface area contributed by atoms with Gasteiger partial charge in [0.25, 0.3) is 0 Å². The van der Waals surface area contributed by atoms with Crippen LogP contribution in [0.4, 0.5) is 5.82 Å². The number of rotatable bonds is 12. The molecule has 190 valence electrons. The summed E-state index contributed by atoms with van der Waals surface area (Å²) in [6.07, 6.45) is 8.29. The minimum absolute atomic E-state index is 0.0746. The van der Waals surface area contributed by atoms with Crippen molar-refractivity contribution in [2.75, 3.05) is 38.7 Å². The first-order chi connectivity index (χ1) is 17.1. The third kappa shape index (κ3) is 6.53. The Morgan fingerprint density at radius 1 is 1.26 bits per heavy atom. The van der Waals surface area contributed by atoms with E-state index in [4.69, 9.17) is 14.5 Å². The van der Waals surface area contributed by atoms with Gasteiger partial charge in [0.2, 0.25) is 0 Å². The van der Waals surface area contributed by atoms with Gasteiger partial charge >= 0.3 is 5.97 Å². The van der Waals surface area contributed by atoms with Gasteiger partial charge in [-0.15, -0.1) is 0 Å². The zero-order valence-corrected chi connectivity index (χ0v) is 21.1. The molecule has 2 N–H and O–H groups in total. The third-order valence-corrected chi connectivity index (χ3v) is 7.16. The molecule has 0 spiro atoms. The molecule has 0 unspecified atom stereocenters. The van der Waals surface area contributed by atoms with Gasteiger partial charge in [-0.3, -0.25) is 9.69 Å². The molecule has 7 heteroatoms. The molecule has 1 saturated heterocycles. The number of unbranched alkanes of at least 4 members (excludes halogenated alkanes) is 2. The van der Waals surface area contributed by atoms with Gasteiger partial charge in [-0.1, -0.05) is 25.5 Å². The fourth-order valence-electron chi connectivity index (χ4n) is 5.17. The van der Waals surface area contributed by atoms with Crippen molar-refractivity contribution in [2.45, 2.75) is 70.4 Å². The van der Waals surface area contributed by atoms with Crippen molar-refractivity contribution in [3.63, 3.8) is 0 Å². The fourth-order valence-corrected chi connectivity index (χ4v) is 5.17. The quantitative estimate of drug-likeness (QED) is 0.427. The summed E-state index contributed by atoms with van der Waals surface area (Å²) in [5, 5.41) is 13.4. The van der Waals surface area contributed by atoms with Crippen LogP contribution in [0.2, 0.25) is 0 Å². The van der Waals surface area contributed by atoms with Crippen LogP contribution in [-0.4, -0.2) is 60.4 Å². The van der Waals surface area contributed by atoms with E-state index in [1.807, 2.05) is 23.1 Å². The molecule has 35 heavy (non-hydrogen) atoms. The Morgan fingerprint density at radius 2 is 2.14 bits per heavy atom. The highest BCUT2D eigenvalue weighted by atomic mass is 16.5. The molecule has 0 bridgehead atoms. The maximum absolute atomic E-state index is 12.2. The number of carbonyl (C=O) groups is 1. The van der Waals surface area contributed by atoms with Crippen LogP contribution >= 0.6 is 0 Å². The second kappa shape index (κ2) is 12.4. The second-order valence-electron chi connectivity index (χ2n) is 9.60. The van der Waals surface area contributed by atoms with E-state index in [9.17, 15) is 9.90 Å². The van der Waals surface area contributed by atoms with Crippen molar-refractivity contribution < 1.29 is 19.4 Å². The number of carboxylic acids is 1. The summed E-state index contributed by atoms with van der Waals surface area (Å²) in [4.78, 5) is 19.0. The minimum atomic E-state index is -0.844. The Morgan fingerprint density at radius 3 is 2.94 bits per heavy atom. The van der Waals surface area contributed by atoms with E-state index in [0.717, 1.165) is 74.1 Å². The summed E-state index contributed by atoms with van der Waals surface area (Å²) in [6, 6.07) is 9.51. The number of aliphatic carboxylic acids is 1. The zero-order chi connectivity index (χ0) is 24.6. The topological polar surface area (TPSA) is 83.9 Å². The molecule has 7 nitrogen and oxygen atoms in total. The first kappa shape index (κ1) is 25.5. The smallest absolute Gasteiger partial charge is 0.325 e. The molecular formula is C28H39N3O4. The van der Waals surface area contributed by atoms with Gasteiger partial charge in [0, 0.05) is 37.5 Å². The van der Waals surface area contributed by atoms with Crippen molar-refractivity contribution in [3.05, 3.63) is 52.7 Å². The summed E-state index contributed by atoms with van der Waals surface area (Å²) in [6.45, 7) is 5.14. The molecule has 1 fully saturated rings. The summed E-state index contributed by atoms with van der Waals surface area (Å²) in [7, 11) is 1.60. The fraction of sp³-hybridized carbons (Fsp3) is 0.571. The molecule has 2 atom stereocenters. The number of carboxylic acid groups (broad SMARTS) is 1. The highest BCUT2D eigenvalue weighted by Gasteiger charge is 2.35.